The normalized spacial score (nSPS) is 14.3. The van der Waals surface area contributed by atoms with Gasteiger partial charge in [-0.2, -0.15) is 0 Å². The van der Waals surface area contributed by atoms with Crippen LogP contribution in [0.1, 0.15) is 58.2 Å². The zero-order valence-electron chi connectivity index (χ0n) is 19.1. The molecule has 0 fully saturated rings. The summed E-state index contributed by atoms with van der Waals surface area (Å²) in [7, 11) is -3.43. The van der Waals surface area contributed by atoms with E-state index in [1.54, 1.807) is 0 Å². The molecule has 1 heterocycles. The summed E-state index contributed by atoms with van der Waals surface area (Å²) >= 11 is 0. The molecule has 166 valence electrons. The Morgan fingerprint density at radius 1 is 1.03 bits per heavy atom. The second-order valence-corrected chi connectivity index (χ2v) is 11.9. The van der Waals surface area contributed by atoms with Gasteiger partial charge in [0, 0.05) is 18.5 Å². The van der Waals surface area contributed by atoms with E-state index in [1.165, 1.54) is 0 Å². The van der Waals surface area contributed by atoms with Gasteiger partial charge >= 0.3 is 0 Å². The van der Waals surface area contributed by atoms with Crippen LogP contribution in [0, 0.1) is 24.7 Å². The minimum atomic E-state index is -3.43. The molecule has 1 aromatic carbocycles. The van der Waals surface area contributed by atoms with Gasteiger partial charge in [-0.1, -0.05) is 41.5 Å². The second kappa shape index (κ2) is 8.34. The Balaban J connectivity index is 0.00000420. The van der Waals surface area contributed by atoms with Crippen LogP contribution in [0.4, 0.5) is 17.1 Å². The smallest absolute Gasteiger partial charge is 0.229 e. The highest BCUT2D eigenvalue weighted by Gasteiger charge is 2.33. The molecule has 2 N–H and O–H groups in total. The Hall–Kier alpha value is -1.47. The van der Waals surface area contributed by atoms with E-state index in [0.717, 1.165) is 48.1 Å². The summed E-state index contributed by atoms with van der Waals surface area (Å²) in [5.74, 6) is -0.0884. The first-order valence-corrected chi connectivity index (χ1v) is 11.6. The summed E-state index contributed by atoms with van der Waals surface area (Å²) in [4.78, 5) is 15.1. The van der Waals surface area contributed by atoms with Crippen LogP contribution in [0.25, 0.3) is 0 Å². The molecule has 0 atom stereocenters. The molecule has 0 unspecified atom stereocenters. The lowest BCUT2D eigenvalue weighted by Gasteiger charge is -2.32. The number of carbonyl (C=O) groups excluding carboxylic acids is 1. The monoisotopic (exact) mass is 445 g/mol. The van der Waals surface area contributed by atoms with E-state index in [2.05, 4.69) is 35.7 Å². The molecular formula is C21H36ClN3O3S. The molecule has 1 aliphatic rings. The van der Waals surface area contributed by atoms with Crippen LogP contribution in [-0.2, 0) is 21.2 Å². The average molecular weight is 446 g/mol. The lowest BCUT2D eigenvalue weighted by Crippen LogP contribution is -2.33. The Labute approximate surface area is 182 Å². The Bertz CT molecular complexity index is 897. The van der Waals surface area contributed by atoms with E-state index >= 15 is 0 Å². The Morgan fingerprint density at radius 3 is 2.03 bits per heavy atom. The number of sulfonamides is 1. The van der Waals surface area contributed by atoms with E-state index in [-0.39, 0.29) is 23.7 Å². The maximum absolute atomic E-state index is 12.8. The van der Waals surface area contributed by atoms with Crippen molar-refractivity contribution in [1.29, 1.82) is 0 Å². The van der Waals surface area contributed by atoms with Gasteiger partial charge in [0.2, 0.25) is 15.9 Å². The van der Waals surface area contributed by atoms with Crippen LogP contribution < -0.4 is 14.9 Å². The molecule has 0 saturated carbocycles. The number of benzene rings is 1. The SMILES string of the molecule is Cc1c2c(c(NC(=O)C(C)(C)C)c(C)c1NS(C)(=O)=O)N(CC(C)(C)C)CC2.Cl. The number of carbonyl (C=O) groups is 1. The third-order valence-corrected chi connectivity index (χ3v) is 5.50. The van der Waals surface area contributed by atoms with Gasteiger partial charge in [-0.3, -0.25) is 9.52 Å². The van der Waals surface area contributed by atoms with E-state index in [1.807, 2.05) is 34.6 Å². The van der Waals surface area contributed by atoms with E-state index < -0.39 is 15.4 Å². The van der Waals surface area contributed by atoms with Crippen LogP contribution in [0.15, 0.2) is 0 Å². The highest BCUT2D eigenvalue weighted by Crippen LogP contribution is 2.46. The fourth-order valence-electron chi connectivity index (χ4n) is 3.60. The molecule has 29 heavy (non-hydrogen) atoms. The van der Waals surface area contributed by atoms with Crippen LogP contribution >= 0.6 is 12.4 Å². The van der Waals surface area contributed by atoms with Crippen molar-refractivity contribution in [2.45, 2.75) is 61.8 Å². The predicted octanol–water partition coefficient (Wildman–Crippen LogP) is 4.49. The topological polar surface area (TPSA) is 78.5 Å². The summed E-state index contributed by atoms with van der Waals surface area (Å²) in [5.41, 5.74) is 4.65. The number of halogens is 1. The standard InChI is InChI=1S/C21H35N3O3S.ClH/c1-13-15-10-11-24(12-20(3,4)5)18(15)17(22-19(25)21(6,7)8)14(2)16(13)23-28(9,26)27;/h23H,10-12H2,1-9H3,(H,22,25);1H. The van der Waals surface area contributed by atoms with Crippen molar-refractivity contribution in [2.75, 3.05) is 34.3 Å². The maximum atomic E-state index is 12.8. The van der Waals surface area contributed by atoms with Crippen molar-refractivity contribution in [1.82, 2.24) is 0 Å². The van der Waals surface area contributed by atoms with Gasteiger partial charge < -0.3 is 10.2 Å². The summed E-state index contributed by atoms with van der Waals surface area (Å²) in [5, 5.41) is 3.10. The zero-order chi connectivity index (χ0) is 21.7. The largest absolute Gasteiger partial charge is 0.369 e. The first-order chi connectivity index (χ1) is 12.5. The first-order valence-electron chi connectivity index (χ1n) is 9.71. The zero-order valence-corrected chi connectivity index (χ0v) is 20.7. The minimum Gasteiger partial charge on any atom is -0.369 e. The number of hydrogen-bond donors (Lipinski definition) is 2. The second-order valence-electron chi connectivity index (χ2n) is 10.1. The number of hydrogen-bond acceptors (Lipinski definition) is 4. The highest BCUT2D eigenvalue weighted by atomic mass is 35.5. The van der Waals surface area contributed by atoms with Gasteiger partial charge in [-0.05, 0) is 42.4 Å². The number of anilines is 3. The molecule has 0 aromatic heterocycles. The molecule has 0 saturated heterocycles. The third kappa shape index (κ3) is 6.01. The molecule has 0 aliphatic carbocycles. The quantitative estimate of drug-likeness (QED) is 0.715. The number of amides is 1. The predicted molar refractivity (Wildman–Crippen MR) is 125 cm³/mol. The van der Waals surface area contributed by atoms with Gasteiger partial charge in [0.05, 0.1) is 23.3 Å². The fraction of sp³-hybridized carbons (Fsp3) is 0.667. The van der Waals surface area contributed by atoms with E-state index in [4.69, 9.17) is 0 Å². The van der Waals surface area contributed by atoms with E-state index in [9.17, 15) is 13.2 Å². The molecule has 8 heteroatoms. The van der Waals surface area contributed by atoms with Crippen LogP contribution in [-0.4, -0.2) is 33.7 Å². The Kier molecular flexibility index (Phi) is 7.35. The summed E-state index contributed by atoms with van der Waals surface area (Å²) < 4.78 is 26.5. The molecule has 6 nitrogen and oxygen atoms in total. The van der Waals surface area contributed by atoms with Crippen molar-refractivity contribution < 1.29 is 13.2 Å². The Morgan fingerprint density at radius 2 is 1.59 bits per heavy atom. The molecule has 0 radical (unpaired) electrons. The first kappa shape index (κ1) is 25.6. The van der Waals surface area contributed by atoms with Gasteiger partial charge in [0.15, 0.2) is 0 Å². The van der Waals surface area contributed by atoms with Gasteiger partial charge in [-0.15, -0.1) is 12.4 Å². The fourth-order valence-corrected chi connectivity index (χ4v) is 4.28. The number of fused-ring (bicyclic) bond motifs is 1. The molecule has 0 bridgehead atoms. The van der Waals surface area contributed by atoms with Crippen LogP contribution in [0.3, 0.4) is 0 Å². The van der Waals surface area contributed by atoms with Gasteiger partial charge in [-0.25, -0.2) is 8.42 Å². The molecule has 1 aliphatic heterocycles. The summed E-state index contributed by atoms with van der Waals surface area (Å²) in [6.07, 6.45) is 1.98. The van der Waals surface area contributed by atoms with Crippen molar-refractivity contribution in [3.63, 3.8) is 0 Å². The maximum Gasteiger partial charge on any atom is 0.229 e. The number of rotatable bonds is 4. The number of nitrogens with zero attached hydrogens (tertiary/aromatic N) is 1. The van der Waals surface area contributed by atoms with Crippen molar-refractivity contribution in [2.24, 2.45) is 10.8 Å². The van der Waals surface area contributed by atoms with Crippen molar-refractivity contribution in [3.8, 4) is 0 Å². The number of nitrogens with one attached hydrogen (secondary N) is 2. The lowest BCUT2D eigenvalue weighted by atomic mass is 9.93. The molecule has 0 spiro atoms. The van der Waals surface area contributed by atoms with Crippen LogP contribution in [0.5, 0.6) is 0 Å². The molecular weight excluding hydrogens is 410 g/mol. The van der Waals surface area contributed by atoms with Crippen molar-refractivity contribution >= 4 is 45.4 Å². The third-order valence-electron chi connectivity index (χ3n) is 4.92. The van der Waals surface area contributed by atoms with E-state index in [0.29, 0.717) is 11.4 Å². The summed E-state index contributed by atoms with van der Waals surface area (Å²) in [6, 6.07) is 0. The van der Waals surface area contributed by atoms with Gasteiger partial charge in [0.25, 0.3) is 0 Å². The average Bonchev–Trinajstić information content (AvgIpc) is 2.87. The molecule has 2 rings (SSSR count). The van der Waals surface area contributed by atoms with Gasteiger partial charge in [0.1, 0.15) is 0 Å². The molecule has 1 aromatic rings. The minimum absolute atomic E-state index is 0. The van der Waals surface area contributed by atoms with Crippen LogP contribution in [0.2, 0.25) is 0 Å². The highest BCUT2D eigenvalue weighted by molar-refractivity contribution is 7.92. The summed E-state index contributed by atoms with van der Waals surface area (Å²) in [6.45, 7) is 17.7. The lowest BCUT2D eigenvalue weighted by molar-refractivity contribution is -0.123. The molecule has 1 amide bonds. The van der Waals surface area contributed by atoms with Crippen molar-refractivity contribution in [3.05, 3.63) is 16.7 Å².